The molecule has 0 fully saturated rings. The van der Waals surface area contributed by atoms with Gasteiger partial charge in [-0.05, 0) is 47.1 Å². The minimum atomic E-state index is -0.835. The number of benzene rings is 1. The van der Waals surface area contributed by atoms with Gasteiger partial charge in [0, 0.05) is 9.13 Å². The molecule has 0 unspecified atom stereocenters. The normalized spacial score (nSPS) is 10.6. The van der Waals surface area contributed by atoms with Crippen molar-refractivity contribution in [3.05, 3.63) is 27.3 Å². The molecule has 0 aliphatic carbocycles. The number of aromatic nitrogens is 2. The maximum Gasteiger partial charge on any atom is 0.313 e. The highest BCUT2D eigenvalue weighted by Crippen LogP contribution is 2.35. The van der Waals surface area contributed by atoms with Crippen LogP contribution in [-0.2, 0) is 4.79 Å². The van der Waals surface area contributed by atoms with Gasteiger partial charge in [0.05, 0.1) is 5.75 Å². The van der Waals surface area contributed by atoms with Gasteiger partial charge in [0.2, 0.25) is 0 Å². The fraction of sp³-hybridized carbons (Fsp3) is 0.182. The van der Waals surface area contributed by atoms with Crippen LogP contribution in [0.5, 0.6) is 0 Å². The number of hydrogen-bond acceptors (Lipinski definition) is 5. The Hall–Kier alpha value is -0.670. The molecular formula is C11H9IN2O2S2. The molecule has 94 valence electrons. The van der Waals surface area contributed by atoms with Crippen LogP contribution in [0.2, 0.25) is 0 Å². The number of carboxylic acids is 1. The summed E-state index contributed by atoms with van der Waals surface area (Å²) in [5, 5.41) is 12.8. The van der Waals surface area contributed by atoms with Gasteiger partial charge in [-0.15, -0.1) is 5.10 Å². The number of aryl methyl sites for hydroxylation is 1. The Kier molecular flexibility index (Phi) is 4.57. The molecule has 0 radical (unpaired) electrons. The third kappa shape index (κ3) is 3.21. The van der Waals surface area contributed by atoms with Gasteiger partial charge < -0.3 is 5.11 Å². The fourth-order valence-electron chi connectivity index (χ4n) is 1.38. The zero-order chi connectivity index (χ0) is 13.1. The first-order valence-electron chi connectivity index (χ1n) is 5.01. The highest BCUT2D eigenvalue weighted by atomic mass is 127. The molecule has 0 bridgehead atoms. The highest BCUT2D eigenvalue weighted by molar-refractivity contribution is 14.1. The topological polar surface area (TPSA) is 63.1 Å². The summed E-state index contributed by atoms with van der Waals surface area (Å²) in [5.74, 6) is -0.808. The summed E-state index contributed by atoms with van der Waals surface area (Å²) in [5.41, 5.74) is 2.96. The standard InChI is InChI=1S/C11H9IN2O2S2/c1-6-2-3-7(8(12)4-6)10-11(18-14-13-10)17-5-9(15)16/h2-4H,5H2,1H3,(H,15,16). The first-order chi connectivity index (χ1) is 8.58. The largest absolute Gasteiger partial charge is 0.481 e. The predicted molar refractivity (Wildman–Crippen MR) is 81.2 cm³/mol. The molecule has 18 heavy (non-hydrogen) atoms. The quantitative estimate of drug-likeness (QED) is 0.639. The number of hydrogen-bond donors (Lipinski definition) is 1. The summed E-state index contributed by atoms with van der Waals surface area (Å²) in [6.07, 6.45) is 0. The molecule has 0 spiro atoms. The molecule has 0 saturated carbocycles. The number of carbonyl (C=O) groups is 1. The zero-order valence-electron chi connectivity index (χ0n) is 9.38. The van der Waals surface area contributed by atoms with E-state index in [1.807, 2.05) is 19.1 Å². The van der Waals surface area contributed by atoms with E-state index in [0.717, 1.165) is 19.0 Å². The molecule has 0 amide bonds. The highest BCUT2D eigenvalue weighted by Gasteiger charge is 2.14. The summed E-state index contributed by atoms with van der Waals surface area (Å²) >= 11 is 4.75. The molecule has 0 aliphatic heterocycles. The van der Waals surface area contributed by atoms with Crippen molar-refractivity contribution < 1.29 is 9.90 Å². The molecule has 7 heteroatoms. The van der Waals surface area contributed by atoms with E-state index >= 15 is 0 Å². The van der Waals surface area contributed by atoms with Crippen molar-refractivity contribution in [2.75, 3.05) is 5.75 Å². The Morgan fingerprint density at radius 2 is 2.33 bits per heavy atom. The number of carboxylic acid groups (broad SMARTS) is 1. The van der Waals surface area contributed by atoms with Crippen LogP contribution < -0.4 is 0 Å². The minimum absolute atomic E-state index is 0.0271. The molecule has 1 N–H and O–H groups in total. The Balaban J connectivity index is 2.33. The lowest BCUT2D eigenvalue weighted by Crippen LogP contribution is -1.97. The maximum atomic E-state index is 10.6. The van der Waals surface area contributed by atoms with E-state index in [9.17, 15) is 4.79 Å². The second-order valence-corrected chi connectivity index (χ2v) is 6.74. The van der Waals surface area contributed by atoms with Gasteiger partial charge in [-0.3, -0.25) is 4.79 Å². The molecule has 4 nitrogen and oxygen atoms in total. The van der Waals surface area contributed by atoms with Gasteiger partial charge in [-0.1, -0.05) is 33.9 Å². The average Bonchev–Trinajstić information content (AvgIpc) is 2.74. The molecule has 2 aromatic rings. The molecule has 2 rings (SSSR count). The van der Waals surface area contributed by atoms with Gasteiger partial charge in [-0.2, -0.15) is 0 Å². The summed E-state index contributed by atoms with van der Waals surface area (Å²) in [7, 11) is 0. The first kappa shape index (κ1) is 13.8. The summed E-state index contributed by atoms with van der Waals surface area (Å²) in [6.45, 7) is 2.03. The van der Waals surface area contributed by atoms with E-state index in [1.165, 1.54) is 28.9 Å². The van der Waals surface area contributed by atoms with Gasteiger partial charge in [0.25, 0.3) is 0 Å². The number of thioether (sulfide) groups is 1. The molecule has 1 aromatic heterocycles. The lowest BCUT2D eigenvalue weighted by Gasteiger charge is -2.04. The first-order valence-corrected chi connectivity index (χ1v) is 7.85. The molecule has 0 saturated heterocycles. The van der Waals surface area contributed by atoms with Crippen LogP contribution in [0.4, 0.5) is 0 Å². The van der Waals surface area contributed by atoms with Crippen molar-refractivity contribution in [2.45, 2.75) is 11.1 Å². The van der Waals surface area contributed by atoms with E-state index in [0.29, 0.717) is 0 Å². The van der Waals surface area contributed by atoms with Crippen LogP contribution in [0.1, 0.15) is 5.56 Å². The Morgan fingerprint density at radius 1 is 1.56 bits per heavy atom. The van der Waals surface area contributed by atoms with Crippen molar-refractivity contribution in [1.82, 2.24) is 9.59 Å². The zero-order valence-corrected chi connectivity index (χ0v) is 13.2. The van der Waals surface area contributed by atoms with E-state index in [4.69, 9.17) is 5.11 Å². The maximum absolute atomic E-state index is 10.6. The SMILES string of the molecule is Cc1ccc(-c2nnsc2SCC(=O)O)c(I)c1. The molecule has 0 atom stereocenters. The summed E-state index contributed by atoms with van der Waals surface area (Å²) < 4.78 is 5.86. The molecule has 1 aromatic carbocycles. The molecule has 1 heterocycles. The van der Waals surface area contributed by atoms with E-state index in [2.05, 4.69) is 38.2 Å². The van der Waals surface area contributed by atoms with Crippen LogP contribution in [0.15, 0.2) is 22.4 Å². The van der Waals surface area contributed by atoms with Crippen LogP contribution >= 0.6 is 45.9 Å². The number of nitrogens with zero attached hydrogens (tertiary/aromatic N) is 2. The number of rotatable bonds is 4. The summed E-state index contributed by atoms with van der Waals surface area (Å²) in [4.78, 5) is 10.6. The van der Waals surface area contributed by atoms with Crippen molar-refractivity contribution in [3.8, 4) is 11.3 Å². The predicted octanol–water partition coefficient (Wildman–Crippen LogP) is 3.29. The van der Waals surface area contributed by atoms with Crippen LogP contribution in [0.25, 0.3) is 11.3 Å². The monoisotopic (exact) mass is 392 g/mol. The number of halogens is 1. The smallest absolute Gasteiger partial charge is 0.313 e. The lowest BCUT2D eigenvalue weighted by atomic mass is 10.1. The fourth-order valence-corrected chi connectivity index (χ4v) is 3.77. The molecule has 0 aliphatic rings. The second kappa shape index (κ2) is 5.98. The van der Waals surface area contributed by atoms with Crippen molar-refractivity contribution in [1.29, 1.82) is 0 Å². The third-order valence-corrected chi connectivity index (χ3v) is 5.00. The molecular weight excluding hydrogens is 383 g/mol. The minimum Gasteiger partial charge on any atom is -0.481 e. The van der Waals surface area contributed by atoms with E-state index in [-0.39, 0.29) is 5.75 Å². The third-order valence-electron chi connectivity index (χ3n) is 2.16. The van der Waals surface area contributed by atoms with Gasteiger partial charge in [-0.25, -0.2) is 0 Å². The van der Waals surface area contributed by atoms with E-state index < -0.39 is 5.97 Å². The van der Waals surface area contributed by atoms with Gasteiger partial charge in [0.1, 0.15) is 9.90 Å². The second-order valence-electron chi connectivity index (χ2n) is 3.57. The van der Waals surface area contributed by atoms with E-state index in [1.54, 1.807) is 0 Å². The lowest BCUT2D eigenvalue weighted by molar-refractivity contribution is -0.133. The van der Waals surface area contributed by atoms with Crippen LogP contribution in [0.3, 0.4) is 0 Å². The van der Waals surface area contributed by atoms with Crippen molar-refractivity contribution in [2.24, 2.45) is 0 Å². The Labute approximate surface area is 126 Å². The van der Waals surface area contributed by atoms with Gasteiger partial charge >= 0.3 is 5.97 Å². The average molecular weight is 392 g/mol. The van der Waals surface area contributed by atoms with Gasteiger partial charge in [0.15, 0.2) is 0 Å². The van der Waals surface area contributed by atoms with Crippen molar-refractivity contribution in [3.63, 3.8) is 0 Å². The number of aliphatic carboxylic acids is 1. The Morgan fingerprint density at radius 3 is 3.00 bits per heavy atom. The van der Waals surface area contributed by atoms with Crippen LogP contribution in [0, 0.1) is 10.5 Å². The van der Waals surface area contributed by atoms with Crippen molar-refractivity contribution >= 4 is 51.9 Å². The van der Waals surface area contributed by atoms with Crippen LogP contribution in [-0.4, -0.2) is 26.4 Å². The summed E-state index contributed by atoms with van der Waals surface area (Å²) in [6, 6.07) is 6.09. The Bertz CT molecular complexity index is 586.